The lowest BCUT2D eigenvalue weighted by atomic mass is 10.4. The first-order valence-corrected chi connectivity index (χ1v) is 7.15. The van der Waals surface area contributed by atoms with E-state index < -0.39 is 0 Å². The quantitative estimate of drug-likeness (QED) is 0.758. The average Bonchev–Trinajstić information content (AvgIpc) is 2.64. The molecule has 88 valence electrons. The van der Waals surface area contributed by atoms with Crippen LogP contribution in [0.4, 0.5) is 5.13 Å². The van der Waals surface area contributed by atoms with Gasteiger partial charge in [0.2, 0.25) is 0 Å². The molecule has 0 unspecified atom stereocenters. The van der Waals surface area contributed by atoms with Crippen LogP contribution in [0.5, 0.6) is 0 Å². The van der Waals surface area contributed by atoms with Crippen molar-refractivity contribution in [3.63, 3.8) is 0 Å². The van der Waals surface area contributed by atoms with Crippen LogP contribution in [0.1, 0.15) is 16.1 Å². The van der Waals surface area contributed by atoms with Gasteiger partial charge in [0.1, 0.15) is 4.88 Å². The molecule has 2 heterocycles. The zero-order valence-electron chi connectivity index (χ0n) is 9.14. The fraction of sp³-hybridized carbons (Fsp3) is 0.600. The summed E-state index contributed by atoms with van der Waals surface area (Å²) in [4.78, 5) is 18.4. The third kappa shape index (κ3) is 2.68. The summed E-state index contributed by atoms with van der Waals surface area (Å²) in [6.07, 6.45) is 2.78. The number of aromatic nitrogens is 1. The molecule has 1 aromatic heterocycles. The Bertz CT molecular complexity index is 359. The Morgan fingerprint density at radius 2 is 2.38 bits per heavy atom. The smallest absolute Gasteiger partial charge is 0.349 e. The monoisotopic (exact) mass is 258 g/mol. The standard InChI is InChI=1S/C10H14N2O2S2/c1-14-9(13)8-7-11-10(16-8)12-3-2-5-15-6-4-12/h7H,2-6H2,1H3. The number of ether oxygens (including phenoxy) is 1. The van der Waals surface area contributed by atoms with Crippen LogP contribution >= 0.6 is 23.1 Å². The van der Waals surface area contributed by atoms with E-state index in [2.05, 4.69) is 14.6 Å². The molecule has 1 saturated heterocycles. The van der Waals surface area contributed by atoms with Crippen molar-refractivity contribution < 1.29 is 9.53 Å². The van der Waals surface area contributed by atoms with Gasteiger partial charge in [0.25, 0.3) is 0 Å². The van der Waals surface area contributed by atoms with E-state index in [1.807, 2.05) is 11.8 Å². The fourth-order valence-corrected chi connectivity index (χ4v) is 3.32. The normalized spacial score (nSPS) is 16.9. The van der Waals surface area contributed by atoms with E-state index in [0.29, 0.717) is 4.88 Å². The van der Waals surface area contributed by atoms with Crippen molar-refractivity contribution in [3.8, 4) is 0 Å². The summed E-state index contributed by atoms with van der Waals surface area (Å²) >= 11 is 3.39. The average molecular weight is 258 g/mol. The molecule has 1 aliphatic heterocycles. The van der Waals surface area contributed by atoms with E-state index in [1.54, 1.807) is 6.20 Å². The minimum absolute atomic E-state index is 0.298. The Kier molecular flexibility index (Phi) is 4.06. The van der Waals surface area contributed by atoms with Crippen LogP contribution in [0.2, 0.25) is 0 Å². The number of hydrogen-bond donors (Lipinski definition) is 0. The van der Waals surface area contributed by atoms with E-state index in [9.17, 15) is 4.79 Å². The molecule has 16 heavy (non-hydrogen) atoms. The van der Waals surface area contributed by atoms with Crippen molar-refractivity contribution in [2.75, 3.05) is 36.6 Å². The highest BCUT2D eigenvalue weighted by atomic mass is 32.2. The van der Waals surface area contributed by atoms with Crippen LogP contribution in [0.25, 0.3) is 0 Å². The number of thiazole rings is 1. The van der Waals surface area contributed by atoms with Crippen LogP contribution in [0.15, 0.2) is 6.20 Å². The lowest BCUT2D eigenvalue weighted by molar-refractivity contribution is 0.0606. The number of nitrogens with zero attached hydrogens (tertiary/aromatic N) is 2. The molecule has 0 spiro atoms. The molecule has 0 N–H and O–H groups in total. The summed E-state index contributed by atoms with van der Waals surface area (Å²) in [7, 11) is 1.39. The molecule has 0 amide bonds. The molecular formula is C10H14N2O2S2. The summed E-state index contributed by atoms with van der Waals surface area (Å²) in [6.45, 7) is 2.04. The van der Waals surface area contributed by atoms with Crippen LogP contribution in [0, 0.1) is 0 Å². The van der Waals surface area contributed by atoms with Crippen molar-refractivity contribution in [2.24, 2.45) is 0 Å². The van der Waals surface area contributed by atoms with Gasteiger partial charge in [-0.05, 0) is 12.2 Å². The molecule has 0 radical (unpaired) electrons. The predicted octanol–water partition coefficient (Wildman–Crippen LogP) is 1.87. The van der Waals surface area contributed by atoms with Crippen LogP contribution in [0.3, 0.4) is 0 Å². The van der Waals surface area contributed by atoms with E-state index in [-0.39, 0.29) is 5.97 Å². The molecule has 0 bridgehead atoms. The third-order valence-corrected chi connectivity index (χ3v) is 4.46. The van der Waals surface area contributed by atoms with Crippen molar-refractivity contribution >= 4 is 34.2 Å². The number of hydrogen-bond acceptors (Lipinski definition) is 6. The first kappa shape index (κ1) is 11.7. The van der Waals surface area contributed by atoms with Crippen molar-refractivity contribution in [3.05, 3.63) is 11.1 Å². The SMILES string of the molecule is COC(=O)c1cnc(N2CCCSCC2)s1. The van der Waals surface area contributed by atoms with Gasteiger partial charge in [0.05, 0.1) is 13.3 Å². The molecule has 6 heteroatoms. The van der Waals surface area contributed by atoms with Gasteiger partial charge >= 0.3 is 5.97 Å². The third-order valence-electron chi connectivity index (χ3n) is 2.37. The number of rotatable bonds is 2. The van der Waals surface area contributed by atoms with Crippen LogP contribution in [-0.2, 0) is 4.74 Å². The molecule has 1 fully saturated rings. The lowest BCUT2D eigenvalue weighted by Crippen LogP contribution is -2.25. The summed E-state index contributed by atoms with van der Waals surface area (Å²) in [5.41, 5.74) is 0. The van der Waals surface area contributed by atoms with Gasteiger partial charge in [-0.2, -0.15) is 11.8 Å². The van der Waals surface area contributed by atoms with E-state index in [0.717, 1.165) is 24.0 Å². The number of carbonyl (C=O) groups excluding carboxylic acids is 1. The van der Waals surface area contributed by atoms with Crippen molar-refractivity contribution in [1.29, 1.82) is 0 Å². The number of carbonyl (C=O) groups is 1. The number of thioether (sulfide) groups is 1. The van der Waals surface area contributed by atoms with Crippen LogP contribution < -0.4 is 4.90 Å². The second kappa shape index (κ2) is 5.54. The minimum atomic E-state index is -0.298. The van der Waals surface area contributed by atoms with E-state index in [4.69, 9.17) is 0 Å². The molecule has 1 aliphatic rings. The maximum Gasteiger partial charge on any atom is 0.349 e. The number of anilines is 1. The van der Waals surface area contributed by atoms with E-state index in [1.165, 1.54) is 30.6 Å². The van der Waals surface area contributed by atoms with Gasteiger partial charge in [-0.1, -0.05) is 11.3 Å². The van der Waals surface area contributed by atoms with E-state index >= 15 is 0 Å². The Hall–Kier alpha value is -0.750. The first-order valence-electron chi connectivity index (χ1n) is 5.18. The zero-order valence-corrected chi connectivity index (χ0v) is 10.8. The zero-order chi connectivity index (χ0) is 11.4. The summed E-state index contributed by atoms with van der Waals surface area (Å²) < 4.78 is 4.67. The molecule has 2 rings (SSSR count). The largest absolute Gasteiger partial charge is 0.465 e. The molecule has 0 saturated carbocycles. The second-order valence-corrected chi connectivity index (χ2v) is 5.69. The van der Waals surface area contributed by atoms with Gasteiger partial charge in [-0.3, -0.25) is 0 Å². The highest BCUT2D eigenvalue weighted by molar-refractivity contribution is 7.99. The van der Waals surface area contributed by atoms with Gasteiger partial charge in [-0.25, -0.2) is 9.78 Å². The Balaban J connectivity index is 2.08. The molecule has 0 atom stereocenters. The Morgan fingerprint density at radius 1 is 1.50 bits per heavy atom. The second-order valence-electron chi connectivity index (χ2n) is 3.45. The van der Waals surface area contributed by atoms with Gasteiger partial charge in [-0.15, -0.1) is 0 Å². The van der Waals surface area contributed by atoms with Crippen LogP contribution in [-0.4, -0.2) is 42.7 Å². The Morgan fingerprint density at radius 3 is 3.19 bits per heavy atom. The van der Waals surface area contributed by atoms with Crippen molar-refractivity contribution in [1.82, 2.24) is 4.98 Å². The summed E-state index contributed by atoms with van der Waals surface area (Å²) in [5, 5.41) is 0.933. The molecule has 4 nitrogen and oxygen atoms in total. The van der Waals surface area contributed by atoms with Crippen molar-refractivity contribution in [2.45, 2.75) is 6.42 Å². The van der Waals surface area contributed by atoms with Gasteiger partial charge in [0, 0.05) is 18.8 Å². The van der Waals surface area contributed by atoms with Gasteiger partial charge < -0.3 is 9.64 Å². The van der Waals surface area contributed by atoms with Gasteiger partial charge in [0.15, 0.2) is 5.13 Å². The molecule has 0 aromatic carbocycles. The maximum atomic E-state index is 11.3. The summed E-state index contributed by atoms with van der Waals surface area (Å²) in [6, 6.07) is 0. The molecule has 1 aromatic rings. The predicted molar refractivity (Wildman–Crippen MR) is 67.6 cm³/mol. The highest BCUT2D eigenvalue weighted by Crippen LogP contribution is 2.25. The number of esters is 1. The number of methoxy groups -OCH3 is 1. The maximum absolute atomic E-state index is 11.3. The Labute approximate surface area is 103 Å². The summed E-state index contributed by atoms with van der Waals surface area (Å²) in [5.74, 6) is 2.05. The first-order chi connectivity index (χ1) is 7.81. The fourth-order valence-electron chi connectivity index (χ4n) is 1.54. The lowest BCUT2D eigenvalue weighted by Gasteiger charge is -2.17. The molecular weight excluding hydrogens is 244 g/mol. The topological polar surface area (TPSA) is 42.4 Å². The highest BCUT2D eigenvalue weighted by Gasteiger charge is 2.16. The minimum Gasteiger partial charge on any atom is -0.465 e. The molecule has 0 aliphatic carbocycles.